The van der Waals surface area contributed by atoms with Gasteiger partial charge >= 0.3 is 5.97 Å². The maximum atomic E-state index is 10.5. The van der Waals surface area contributed by atoms with Crippen molar-refractivity contribution in [3.8, 4) is 0 Å². The quantitative estimate of drug-likeness (QED) is 0.685. The molecule has 72 valence electrons. The molecule has 0 amide bonds. The van der Waals surface area contributed by atoms with E-state index in [-0.39, 0.29) is 17.2 Å². The van der Waals surface area contributed by atoms with Gasteiger partial charge in [0.15, 0.2) is 0 Å². The van der Waals surface area contributed by atoms with Crippen LogP contribution in [-0.4, -0.2) is 28.1 Å². The monoisotopic (exact) mass is 191 g/mol. The Balaban J connectivity index is 3.71. The van der Waals surface area contributed by atoms with E-state index < -0.39 is 5.97 Å². The molecule has 3 unspecified atom stereocenters. The van der Waals surface area contributed by atoms with Crippen LogP contribution in [0.1, 0.15) is 20.8 Å². The van der Waals surface area contributed by atoms with Crippen LogP contribution in [0.25, 0.3) is 0 Å². The highest BCUT2D eigenvalue weighted by Crippen LogP contribution is 2.19. The van der Waals surface area contributed by atoms with Gasteiger partial charge in [0, 0.05) is 17.0 Å². The Hall–Kier alpha value is -0.220. The minimum absolute atomic E-state index is 0.133. The topological polar surface area (TPSA) is 63.3 Å². The molecule has 0 aliphatic carbocycles. The van der Waals surface area contributed by atoms with Crippen LogP contribution in [0.4, 0.5) is 0 Å². The third-order valence-electron chi connectivity index (χ3n) is 1.72. The van der Waals surface area contributed by atoms with Gasteiger partial charge in [-0.2, -0.15) is 11.8 Å². The van der Waals surface area contributed by atoms with Crippen molar-refractivity contribution in [1.82, 2.24) is 0 Å². The van der Waals surface area contributed by atoms with E-state index in [1.54, 1.807) is 18.7 Å². The highest BCUT2D eigenvalue weighted by molar-refractivity contribution is 7.99. The SMILES string of the molecule is CC(N)CSC(C)C(C)C(=O)O. The molecule has 4 heteroatoms. The third kappa shape index (κ3) is 4.62. The summed E-state index contributed by atoms with van der Waals surface area (Å²) in [4.78, 5) is 10.5. The summed E-state index contributed by atoms with van der Waals surface area (Å²) in [5.41, 5.74) is 5.55. The van der Waals surface area contributed by atoms with Crippen LogP contribution in [0.3, 0.4) is 0 Å². The highest BCUT2D eigenvalue weighted by atomic mass is 32.2. The van der Waals surface area contributed by atoms with Gasteiger partial charge in [-0.1, -0.05) is 13.8 Å². The van der Waals surface area contributed by atoms with Gasteiger partial charge in [0.05, 0.1) is 5.92 Å². The number of thioether (sulfide) groups is 1. The van der Waals surface area contributed by atoms with Crippen molar-refractivity contribution in [3.05, 3.63) is 0 Å². The Labute approximate surface area is 77.7 Å². The molecule has 0 radical (unpaired) electrons. The summed E-state index contributed by atoms with van der Waals surface area (Å²) >= 11 is 1.62. The number of nitrogens with two attached hydrogens (primary N) is 1. The van der Waals surface area contributed by atoms with Crippen molar-refractivity contribution in [2.45, 2.75) is 32.1 Å². The van der Waals surface area contributed by atoms with Gasteiger partial charge in [-0.05, 0) is 6.92 Å². The molecule has 0 bridgehead atoms. The first kappa shape index (κ1) is 11.8. The number of carboxylic acids is 1. The average molecular weight is 191 g/mol. The van der Waals surface area contributed by atoms with Gasteiger partial charge in [-0.25, -0.2) is 0 Å². The maximum Gasteiger partial charge on any atom is 0.307 e. The van der Waals surface area contributed by atoms with E-state index in [1.807, 2.05) is 13.8 Å². The zero-order chi connectivity index (χ0) is 9.72. The van der Waals surface area contributed by atoms with Gasteiger partial charge in [-0.3, -0.25) is 4.79 Å². The third-order valence-corrected chi connectivity index (χ3v) is 3.37. The van der Waals surface area contributed by atoms with E-state index in [1.165, 1.54) is 0 Å². The van der Waals surface area contributed by atoms with Crippen molar-refractivity contribution >= 4 is 17.7 Å². The smallest absolute Gasteiger partial charge is 0.307 e. The Bertz CT molecular complexity index is 150. The Morgan fingerprint density at radius 2 is 2.00 bits per heavy atom. The van der Waals surface area contributed by atoms with Crippen LogP contribution in [-0.2, 0) is 4.79 Å². The summed E-state index contributed by atoms with van der Waals surface area (Å²) in [5.74, 6) is -0.216. The molecule has 0 aliphatic heterocycles. The maximum absolute atomic E-state index is 10.5. The lowest BCUT2D eigenvalue weighted by molar-refractivity contribution is -0.140. The van der Waals surface area contributed by atoms with Crippen LogP contribution in [0.2, 0.25) is 0 Å². The number of carbonyl (C=O) groups is 1. The summed E-state index contributed by atoms with van der Waals surface area (Å²) in [6, 6.07) is 0.137. The molecule has 3 N–H and O–H groups in total. The number of hydrogen-bond acceptors (Lipinski definition) is 3. The van der Waals surface area contributed by atoms with E-state index in [0.29, 0.717) is 0 Å². The van der Waals surface area contributed by atoms with E-state index in [9.17, 15) is 4.79 Å². The predicted molar refractivity (Wildman–Crippen MR) is 52.4 cm³/mol. The number of hydrogen-bond donors (Lipinski definition) is 2. The standard InChI is InChI=1S/C8H17NO2S/c1-5(9)4-12-7(3)6(2)8(10)11/h5-7H,4,9H2,1-3H3,(H,10,11). The fourth-order valence-electron chi connectivity index (χ4n) is 0.649. The minimum atomic E-state index is -0.736. The summed E-state index contributed by atoms with van der Waals surface area (Å²) in [5, 5.41) is 8.81. The van der Waals surface area contributed by atoms with Crippen molar-refractivity contribution in [2.75, 3.05) is 5.75 Å². The molecule has 0 aliphatic rings. The van der Waals surface area contributed by atoms with Gasteiger partial charge in [-0.15, -0.1) is 0 Å². The predicted octanol–water partition coefficient (Wildman–Crippen LogP) is 1.18. The average Bonchev–Trinajstić information content (AvgIpc) is 1.98. The van der Waals surface area contributed by atoms with Crippen molar-refractivity contribution < 1.29 is 9.90 Å². The van der Waals surface area contributed by atoms with Crippen LogP contribution in [0, 0.1) is 5.92 Å². The first-order valence-corrected chi connectivity index (χ1v) is 5.10. The fourth-order valence-corrected chi connectivity index (χ4v) is 1.66. The summed E-state index contributed by atoms with van der Waals surface area (Å²) in [7, 11) is 0. The molecule has 0 aromatic rings. The second kappa shape index (κ2) is 5.43. The lowest BCUT2D eigenvalue weighted by Crippen LogP contribution is -2.24. The lowest BCUT2D eigenvalue weighted by atomic mass is 10.1. The first-order valence-electron chi connectivity index (χ1n) is 4.05. The highest BCUT2D eigenvalue weighted by Gasteiger charge is 2.19. The largest absolute Gasteiger partial charge is 0.481 e. The van der Waals surface area contributed by atoms with Gasteiger partial charge in [0.2, 0.25) is 0 Å². The second-order valence-electron chi connectivity index (χ2n) is 3.14. The van der Waals surface area contributed by atoms with Gasteiger partial charge in [0.25, 0.3) is 0 Å². The van der Waals surface area contributed by atoms with Crippen molar-refractivity contribution in [1.29, 1.82) is 0 Å². The molecular weight excluding hydrogens is 174 g/mol. The molecule has 0 heterocycles. The molecule has 0 rings (SSSR count). The normalized spacial score (nSPS) is 18.3. The second-order valence-corrected chi connectivity index (χ2v) is 4.55. The molecule has 0 fully saturated rings. The summed E-state index contributed by atoms with van der Waals surface area (Å²) in [6.45, 7) is 5.57. The van der Waals surface area contributed by atoms with Crippen LogP contribution in [0.15, 0.2) is 0 Å². The van der Waals surface area contributed by atoms with E-state index in [4.69, 9.17) is 10.8 Å². The summed E-state index contributed by atoms with van der Waals surface area (Å²) < 4.78 is 0. The van der Waals surface area contributed by atoms with Gasteiger partial charge < -0.3 is 10.8 Å². The number of aliphatic carboxylic acids is 1. The molecule has 0 aromatic heterocycles. The molecule has 12 heavy (non-hydrogen) atoms. The Morgan fingerprint density at radius 1 is 1.50 bits per heavy atom. The van der Waals surface area contributed by atoms with Crippen molar-refractivity contribution in [3.63, 3.8) is 0 Å². The van der Waals surface area contributed by atoms with Crippen LogP contribution in [0.5, 0.6) is 0 Å². The molecule has 3 atom stereocenters. The zero-order valence-electron chi connectivity index (χ0n) is 7.78. The molecule has 0 spiro atoms. The Morgan fingerprint density at radius 3 is 2.33 bits per heavy atom. The molecule has 0 saturated heterocycles. The molecule has 3 nitrogen and oxygen atoms in total. The number of rotatable bonds is 5. The van der Waals surface area contributed by atoms with Gasteiger partial charge in [0.1, 0.15) is 0 Å². The molecule has 0 saturated carbocycles. The minimum Gasteiger partial charge on any atom is -0.481 e. The van der Waals surface area contributed by atoms with Crippen LogP contribution >= 0.6 is 11.8 Å². The van der Waals surface area contributed by atoms with E-state index in [0.717, 1.165) is 5.75 Å². The fraction of sp³-hybridized carbons (Fsp3) is 0.875. The Kier molecular flexibility index (Phi) is 5.33. The molecule has 0 aromatic carbocycles. The summed E-state index contributed by atoms with van der Waals surface area (Å²) in [6.07, 6.45) is 0. The van der Waals surface area contributed by atoms with Crippen molar-refractivity contribution in [2.24, 2.45) is 11.7 Å². The van der Waals surface area contributed by atoms with Crippen LogP contribution < -0.4 is 5.73 Å². The molecular formula is C8H17NO2S. The van der Waals surface area contributed by atoms with E-state index in [2.05, 4.69) is 0 Å². The lowest BCUT2D eigenvalue weighted by Gasteiger charge is -2.16. The zero-order valence-corrected chi connectivity index (χ0v) is 8.60. The van der Waals surface area contributed by atoms with E-state index >= 15 is 0 Å². The first-order chi connectivity index (χ1) is 5.45. The number of carboxylic acid groups (broad SMARTS) is 1.